The molecule has 0 radical (unpaired) electrons. The fourth-order valence-corrected chi connectivity index (χ4v) is 3.26. The Bertz CT molecular complexity index is 1250. The van der Waals surface area contributed by atoms with E-state index in [1.165, 1.54) is 31.5 Å². The van der Waals surface area contributed by atoms with Crippen molar-refractivity contribution in [1.82, 2.24) is 5.43 Å². The van der Waals surface area contributed by atoms with Crippen LogP contribution in [-0.2, 0) is 4.79 Å². The first kappa shape index (κ1) is 27.8. The van der Waals surface area contributed by atoms with Crippen LogP contribution in [0.15, 0.2) is 65.8 Å². The first-order chi connectivity index (χ1) is 17.9. The van der Waals surface area contributed by atoms with E-state index in [1.54, 1.807) is 42.5 Å². The highest BCUT2D eigenvalue weighted by atomic mass is 35.5. The minimum Gasteiger partial charge on any atom is -0.494 e. The van der Waals surface area contributed by atoms with Gasteiger partial charge in [0.2, 0.25) is 0 Å². The molecule has 0 aliphatic heterocycles. The van der Waals surface area contributed by atoms with Gasteiger partial charge in [0.25, 0.3) is 5.91 Å². The molecule has 3 aromatic carbocycles. The third-order valence-electron chi connectivity index (χ3n) is 4.91. The number of halogens is 2. The maximum Gasteiger partial charge on any atom is 0.343 e. The Kier molecular flexibility index (Phi) is 10.6. The van der Waals surface area contributed by atoms with Gasteiger partial charge in [-0.25, -0.2) is 10.2 Å². The van der Waals surface area contributed by atoms with Gasteiger partial charge in [-0.3, -0.25) is 4.79 Å². The van der Waals surface area contributed by atoms with Crippen molar-refractivity contribution in [2.24, 2.45) is 5.10 Å². The summed E-state index contributed by atoms with van der Waals surface area (Å²) in [5.41, 5.74) is 3.24. The Labute approximate surface area is 225 Å². The summed E-state index contributed by atoms with van der Waals surface area (Å²) < 4.78 is 21.8. The largest absolute Gasteiger partial charge is 0.494 e. The zero-order chi connectivity index (χ0) is 26.6. The van der Waals surface area contributed by atoms with Gasteiger partial charge in [0.15, 0.2) is 18.1 Å². The van der Waals surface area contributed by atoms with Crippen molar-refractivity contribution in [3.05, 3.63) is 81.8 Å². The number of hydrogen-bond donors (Lipinski definition) is 1. The van der Waals surface area contributed by atoms with Gasteiger partial charge in [-0.05, 0) is 72.6 Å². The molecule has 1 N–H and O–H groups in total. The Morgan fingerprint density at radius 1 is 0.919 bits per heavy atom. The van der Waals surface area contributed by atoms with Gasteiger partial charge in [0.05, 0.1) is 35.5 Å². The normalized spacial score (nSPS) is 10.7. The fourth-order valence-electron chi connectivity index (χ4n) is 2.96. The average Bonchev–Trinajstić information content (AvgIpc) is 2.90. The molecule has 0 heterocycles. The van der Waals surface area contributed by atoms with Crippen LogP contribution in [0.25, 0.3) is 0 Å². The first-order valence-corrected chi connectivity index (χ1v) is 12.2. The number of hydrazone groups is 1. The molecule has 0 saturated heterocycles. The molecule has 0 spiro atoms. The lowest BCUT2D eigenvalue weighted by atomic mass is 10.2. The van der Waals surface area contributed by atoms with E-state index in [-0.39, 0.29) is 22.9 Å². The summed E-state index contributed by atoms with van der Waals surface area (Å²) in [6.45, 7) is 2.55. The van der Waals surface area contributed by atoms with E-state index >= 15 is 0 Å². The zero-order valence-electron chi connectivity index (χ0n) is 20.3. The molecular weight excluding hydrogens is 519 g/mol. The minimum atomic E-state index is -0.621. The van der Waals surface area contributed by atoms with Gasteiger partial charge in [-0.2, -0.15) is 5.10 Å². The third kappa shape index (κ3) is 8.70. The van der Waals surface area contributed by atoms with Crippen LogP contribution in [0.1, 0.15) is 35.7 Å². The summed E-state index contributed by atoms with van der Waals surface area (Å²) in [6.07, 6.45) is 3.48. The lowest BCUT2D eigenvalue weighted by molar-refractivity contribution is -0.123. The highest BCUT2D eigenvalue weighted by molar-refractivity contribution is 6.42. The molecule has 3 aromatic rings. The van der Waals surface area contributed by atoms with E-state index < -0.39 is 11.9 Å². The third-order valence-corrected chi connectivity index (χ3v) is 5.65. The fraction of sp³-hybridized carbons (Fsp3) is 0.222. The molecule has 0 saturated carbocycles. The lowest BCUT2D eigenvalue weighted by Crippen LogP contribution is -2.24. The summed E-state index contributed by atoms with van der Waals surface area (Å²) in [7, 11) is 1.44. The molecule has 3 rings (SSSR count). The number of nitrogens with zero attached hydrogens (tertiary/aromatic N) is 1. The van der Waals surface area contributed by atoms with E-state index in [9.17, 15) is 9.59 Å². The molecule has 0 aromatic heterocycles. The van der Waals surface area contributed by atoms with Crippen LogP contribution in [-0.4, -0.2) is 38.4 Å². The van der Waals surface area contributed by atoms with E-state index in [1.807, 2.05) is 0 Å². The molecule has 0 unspecified atom stereocenters. The number of hydrogen-bond acceptors (Lipinski definition) is 7. The molecule has 0 atom stereocenters. The quantitative estimate of drug-likeness (QED) is 0.0997. The van der Waals surface area contributed by atoms with Crippen molar-refractivity contribution in [3.8, 4) is 23.0 Å². The number of benzene rings is 3. The van der Waals surface area contributed by atoms with Gasteiger partial charge >= 0.3 is 5.97 Å². The lowest BCUT2D eigenvalue weighted by Gasteiger charge is -2.10. The number of carbonyl (C=O) groups excluding carboxylic acids is 2. The number of rotatable bonds is 12. The molecule has 0 aliphatic carbocycles. The maximum absolute atomic E-state index is 12.4. The average molecular weight is 545 g/mol. The summed E-state index contributed by atoms with van der Waals surface area (Å²) in [5, 5.41) is 4.50. The van der Waals surface area contributed by atoms with Crippen LogP contribution in [0.2, 0.25) is 10.0 Å². The van der Waals surface area contributed by atoms with Crippen molar-refractivity contribution >= 4 is 41.3 Å². The second-order valence-corrected chi connectivity index (χ2v) is 8.50. The molecular formula is C27H26Cl2N2O6. The van der Waals surface area contributed by atoms with Crippen LogP contribution in [0.5, 0.6) is 23.0 Å². The predicted molar refractivity (Wildman–Crippen MR) is 142 cm³/mol. The molecule has 37 heavy (non-hydrogen) atoms. The van der Waals surface area contributed by atoms with E-state index in [4.69, 9.17) is 42.1 Å². The van der Waals surface area contributed by atoms with E-state index in [0.717, 1.165) is 18.6 Å². The highest BCUT2D eigenvalue weighted by Crippen LogP contribution is 2.29. The van der Waals surface area contributed by atoms with Crippen LogP contribution >= 0.6 is 23.2 Å². The molecule has 1 amide bonds. The molecule has 0 fully saturated rings. The number of ether oxygens (including phenoxy) is 4. The number of unbranched alkanes of at least 4 members (excludes halogenated alkanes) is 1. The summed E-state index contributed by atoms with van der Waals surface area (Å²) in [6, 6.07) is 16.3. The summed E-state index contributed by atoms with van der Waals surface area (Å²) >= 11 is 11.9. The Morgan fingerprint density at radius 2 is 1.65 bits per heavy atom. The van der Waals surface area contributed by atoms with Crippen molar-refractivity contribution in [3.63, 3.8) is 0 Å². The summed E-state index contributed by atoms with van der Waals surface area (Å²) in [4.78, 5) is 24.5. The van der Waals surface area contributed by atoms with Gasteiger partial charge in [0.1, 0.15) is 11.5 Å². The second kappa shape index (κ2) is 14.1. The Morgan fingerprint density at radius 3 is 2.32 bits per heavy atom. The summed E-state index contributed by atoms with van der Waals surface area (Å²) in [5.74, 6) is 0.741. The van der Waals surface area contributed by atoms with Gasteiger partial charge in [-0.1, -0.05) is 36.5 Å². The van der Waals surface area contributed by atoms with Gasteiger partial charge < -0.3 is 18.9 Å². The van der Waals surface area contributed by atoms with E-state index in [2.05, 4.69) is 17.5 Å². The number of methoxy groups -OCH3 is 1. The Balaban J connectivity index is 1.50. The number of amides is 1. The predicted octanol–water partition coefficient (Wildman–Crippen LogP) is 5.93. The van der Waals surface area contributed by atoms with Crippen LogP contribution < -0.4 is 24.4 Å². The second-order valence-electron chi connectivity index (χ2n) is 7.68. The first-order valence-electron chi connectivity index (χ1n) is 11.4. The molecule has 194 valence electrons. The highest BCUT2D eigenvalue weighted by Gasteiger charge is 2.14. The SMILES string of the molecule is CCCCOc1ccc(OCC(=O)N/N=C/c2ccc(OC(=O)c3ccc(Cl)c(Cl)c3)c(OC)c2)cc1. The standard InChI is InChI=1S/C27H26Cl2N2O6/c1-3-4-13-35-20-7-9-21(10-8-20)36-17-26(32)31-30-16-18-5-12-24(25(14-18)34-2)37-27(33)19-6-11-22(28)23(29)15-19/h5-12,14-16H,3-4,13,17H2,1-2H3,(H,31,32)/b30-16+. The molecule has 0 aliphatic rings. The number of esters is 1. The van der Waals surface area contributed by atoms with Crippen molar-refractivity contribution < 1.29 is 28.5 Å². The Hall–Kier alpha value is -3.75. The van der Waals surface area contributed by atoms with E-state index in [0.29, 0.717) is 28.7 Å². The van der Waals surface area contributed by atoms with Crippen LogP contribution in [0, 0.1) is 0 Å². The molecule has 8 nitrogen and oxygen atoms in total. The number of nitrogens with one attached hydrogen (secondary N) is 1. The monoisotopic (exact) mass is 544 g/mol. The zero-order valence-corrected chi connectivity index (χ0v) is 21.8. The van der Waals surface area contributed by atoms with Crippen LogP contribution in [0.3, 0.4) is 0 Å². The minimum absolute atomic E-state index is 0.204. The van der Waals surface area contributed by atoms with Crippen molar-refractivity contribution in [2.45, 2.75) is 19.8 Å². The maximum atomic E-state index is 12.4. The molecule has 10 heteroatoms. The van der Waals surface area contributed by atoms with Crippen LogP contribution in [0.4, 0.5) is 0 Å². The number of carbonyl (C=O) groups is 2. The van der Waals surface area contributed by atoms with Gasteiger partial charge in [0, 0.05) is 0 Å². The van der Waals surface area contributed by atoms with Crippen molar-refractivity contribution in [2.75, 3.05) is 20.3 Å². The smallest absolute Gasteiger partial charge is 0.343 e. The topological polar surface area (TPSA) is 95.5 Å². The van der Waals surface area contributed by atoms with Crippen molar-refractivity contribution in [1.29, 1.82) is 0 Å². The molecule has 0 bridgehead atoms. The van der Waals surface area contributed by atoms with Gasteiger partial charge in [-0.15, -0.1) is 0 Å².